The molecule has 0 saturated carbocycles. The van der Waals surface area contributed by atoms with Crippen LogP contribution in [0.3, 0.4) is 0 Å². The first kappa shape index (κ1) is 45.5. The van der Waals surface area contributed by atoms with Crippen molar-refractivity contribution < 1.29 is 76.4 Å². The van der Waals surface area contributed by atoms with Crippen molar-refractivity contribution in [1.82, 2.24) is 4.90 Å². The molecule has 0 radical (unpaired) electrons. The van der Waals surface area contributed by atoms with Crippen LogP contribution in [0.25, 0.3) is 0 Å². The molecule has 48 heavy (non-hydrogen) atoms. The summed E-state index contributed by atoms with van der Waals surface area (Å²) in [5.74, 6) is -3.25. The van der Waals surface area contributed by atoms with E-state index in [-0.39, 0.29) is 32.1 Å². The molecule has 17 nitrogen and oxygen atoms in total. The van der Waals surface area contributed by atoms with Gasteiger partial charge in [0.25, 0.3) is 0 Å². The number of carbonyl (C=O) groups is 4. The zero-order chi connectivity index (χ0) is 35.7. The molecule has 1 N–H and O–H groups in total. The molecule has 0 aromatic rings. The van der Waals surface area contributed by atoms with Crippen LogP contribution in [0.5, 0.6) is 0 Å². The van der Waals surface area contributed by atoms with E-state index in [9.17, 15) is 19.2 Å². The second-order valence-electron chi connectivity index (χ2n) is 10.9. The van der Waals surface area contributed by atoms with E-state index in [0.29, 0.717) is 119 Å². The van der Waals surface area contributed by atoms with Crippen LogP contribution in [0.2, 0.25) is 0 Å². The van der Waals surface area contributed by atoms with E-state index in [1.165, 1.54) is 4.90 Å². The first-order valence-electron chi connectivity index (χ1n) is 16.1. The maximum atomic E-state index is 11.8. The maximum absolute atomic E-state index is 11.8. The van der Waals surface area contributed by atoms with Crippen LogP contribution in [0.4, 0.5) is 4.79 Å². The number of ketones is 1. The van der Waals surface area contributed by atoms with Gasteiger partial charge in [-0.05, 0) is 20.8 Å². The molecule has 282 valence electrons. The van der Waals surface area contributed by atoms with Crippen LogP contribution in [-0.4, -0.2) is 179 Å². The zero-order valence-corrected chi connectivity index (χ0v) is 29.1. The van der Waals surface area contributed by atoms with Crippen molar-refractivity contribution >= 4 is 23.8 Å². The maximum Gasteiger partial charge on any atom is 0.410 e. The molecular formula is C31H57NO16. The topological polar surface area (TPSA) is 193 Å². The number of esters is 1. The van der Waals surface area contributed by atoms with Crippen LogP contribution in [0.1, 0.15) is 33.6 Å². The van der Waals surface area contributed by atoms with Gasteiger partial charge in [0, 0.05) is 20.0 Å². The molecule has 0 unspecified atom stereocenters. The number of carboxylic acid groups (broad SMARTS) is 1. The molecule has 1 amide bonds. The Kier molecular flexibility index (Phi) is 30.1. The van der Waals surface area contributed by atoms with Gasteiger partial charge in [-0.15, -0.1) is 0 Å². The molecule has 0 saturated heterocycles. The number of carboxylic acids is 1. The Morgan fingerprint density at radius 2 is 0.812 bits per heavy atom. The summed E-state index contributed by atoms with van der Waals surface area (Å²) in [6.45, 7) is 13.3. The summed E-state index contributed by atoms with van der Waals surface area (Å²) in [4.78, 5) is 46.0. The number of nitrogens with zero attached hydrogens (tertiary/aromatic N) is 1. The highest BCUT2D eigenvalue weighted by Crippen LogP contribution is 2.08. The predicted octanol–water partition coefficient (Wildman–Crippen LogP) is 0.980. The number of rotatable bonds is 34. The fourth-order valence-electron chi connectivity index (χ4n) is 3.10. The number of hydrogen-bond donors (Lipinski definition) is 1. The van der Waals surface area contributed by atoms with Gasteiger partial charge in [-0.2, -0.15) is 0 Å². The molecule has 17 heteroatoms. The lowest BCUT2D eigenvalue weighted by molar-refractivity contribution is -0.151. The molecule has 0 heterocycles. The first-order chi connectivity index (χ1) is 23.0. The van der Waals surface area contributed by atoms with E-state index < -0.39 is 23.3 Å². The summed E-state index contributed by atoms with van der Waals surface area (Å²) in [5.41, 5.74) is -0.521. The van der Waals surface area contributed by atoms with Gasteiger partial charge < -0.3 is 62.1 Å². The lowest BCUT2D eigenvalue weighted by Gasteiger charge is -2.24. The zero-order valence-electron chi connectivity index (χ0n) is 29.1. The summed E-state index contributed by atoms with van der Waals surface area (Å²) in [7, 11) is 1.67. The van der Waals surface area contributed by atoms with Crippen molar-refractivity contribution in [2.24, 2.45) is 0 Å². The van der Waals surface area contributed by atoms with Crippen LogP contribution in [0.15, 0.2) is 0 Å². The van der Waals surface area contributed by atoms with Crippen LogP contribution in [0, 0.1) is 0 Å². The van der Waals surface area contributed by atoms with E-state index in [1.807, 2.05) is 20.8 Å². The second-order valence-corrected chi connectivity index (χ2v) is 10.9. The number of hydrogen-bond acceptors (Lipinski definition) is 15. The average Bonchev–Trinajstić information content (AvgIpc) is 3.03. The van der Waals surface area contributed by atoms with Crippen molar-refractivity contribution in [3.05, 3.63) is 0 Å². The number of aliphatic carboxylic acids is 1. The van der Waals surface area contributed by atoms with Gasteiger partial charge >= 0.3 is 18.0 Å². The largest absolute Gasteiger partial charge is 0.476 e. The Balaban J connectivity index is 3.21. The minimum Gasteiger partial charge on any atom is -0.476 e. The molecule has 0 atom stereocenters. The highest BCUT2D eigenvalue weighted by atomic mass is 16.6. The van der Waals surface area contributed by atoms with Gasteiger partial charge in [-0.25, -0.2) is 9.59 Å². The van der Waals surface area contributed by atoms with Crippen molar-refractivity contribution in [3.8, 4) is 0 Å². The minimum atomic E-state index is -1.57. The second kappa shape index (κ2) is 31.8. The monoisotopic (exact) mass is 699 g/mol. The highest BCUT2D eigenvalue weighted by molar-refractivity contribution is 6.32. The number of amides is 1. The lowest BCUT2D eigenvalue weighted by atomic mass is 10.2. The van der Waals surface area contributed by atoms with Gasteiger partial charge in [-0.3, -0.25) is 9.59 Å². The number of Topliss-reactive ketones (excluding diaryl/α,β-unsaturated/α-hetero) is 1. The summed E-state index contributed by atoms with van der Waals surface area (Å²) in [5, 5.41) is 8.44. The molecule has 0 spiro atoms. The van der Waals surface area contributed by atoms with E-state index >= 15 is 0 Å². The Morgan fingerprint density at radius 1 is 0.500 bits per heavy atom. The fourth-order valence-corrected chi connectivity index (χ4v) is 3.10. The van der Waals surface area contributed by atoms with E-state index in [1.54, 1.807) is 7.05 Å². The number of ether oxygens (including phenoxy) is 11. The molecule has 0 aliphatic heterocycles. The van der Waals surface area contributed by atoms with Crippen LogP contribution in [-0.2, 0) is 66.5 Å². The standard InChI is InChI=1S/C31H57NO16/c1-31(2,3)48-30(37)32(4)7-8-38-9-10-39-11-12-40-13-14-41-15-16-42-17-18-43-19-20-44-21-22-45-23-24-46-25-26-47-28(34)6-5-27(33)29(35)36/h5-26H2,1-4H3,(H,35,36). The summed E-state index contributed by atoms with van der Waals surface area (Å²) < 4.78 is 58.8. The lowest BCUT2D eigenvalue weighted by Crippen LogP contribution is -2.36. The Morgan fingerprint density at radius 3 is 1.12 bits per heavy atom. The summed E-state index contributed by atoms with van der Waals surface area (Å²) in [6, 6.07) is 0. The van der Waals surface area contributed by atoms with Crippen molar-refractivity contribution in [1.29, 1.82) is 0 Å². The van der Waals surface area contributed by atoms with E-state index in [0.717, 1.165) is 0 Å². The molecule has 0 aromatic carbocycles. The third-order valence-corrected chi connectivity index (χ3v) is 5.54. The van der Waals surface area contributed by atoms with Crippen molar-refractivity contribution in [2.75, 3.05) is 139 Å². The fraction of sp³-hybridized carbons (Fsp3) is 0.871. The van der Waals surface area contributed by atoms with Gasteiger partial charge in [-0.1, -0.05) is 0 Å². The number of carbonyl (C=O) groups excluding carboxylic acids is 3. The van der Waals surface area contributed by atoms with Gasteiger partial charge in [0.05, 0.1) is 125 Å². The molecule has 0 aliphatic carbocycles. The Bertz CT molecular complexity index is 823. The van der Waals surface area contributed by atoms with Gasteiger partial charge in [0.2, 0.25) is 5.78 Å². The van der Waals surface area contributed by atoms with Crippen LogP contribution >= 0.6 is 0 Å². The first-order valence-corrected chi connectivity index (χ1v) is 16.1. The van der Waals surface area contributed by atoms with Crippen molar-refractivity contribution in [2.45, 2.75) is 39.2 Å². The average molecular weight is 700 g/mol. The molecule has 0 bridgehead atoms. The Labute approximate surface area is 283 Å². The number of likely N-dealkylation sites (N-methyl/N-ethyl adjacent to an activating group) is 1. The highest BCUT2D eigenvalue weighted by Gasteiger charge is 2.19. The molecule has 0 aromatic heterocycles. The third kappa shape index (κ3) is 33.4. The van der Waals surface area contributed by atoms with E-state index in [4.69, 9.17) is 57.2 Å². The Hall–Kier alpha value is -2.48. The van der Waals surface area contributed by atoms with Gasteiger partial charge in [0.1, 0.15) is 12.2 Å². The summed E-state index contributed by atoms with van der Waals surface area (Å²) >= 11 is 0. The minimum absolute atomic E-state index is 0.00939. The SMILES string of the molecule is CN(CCOCCOCCOCCOCCOCCOCCOCCOCCOCCOC(=O)CCC(=O)C(=O)O)C(=O)OC(C)(C)C. The molecule has 0 fully saturated rings. The molecule has 0 aliphatic rings. The van der Waals surface area contributed by atoms with Crippen LogP contribution < -0.4 is 0 Å². The van der Waals surface area contributed by atoms with E-state index in [2.05, 4.69) is 0 Å². The predicted molar refractivity (Wildman–Crippen MR) is 169 cm³/mol. The normalized spacial score (nSPS) is 11.4. The molecule has 0 rings (SSSR count). The van der Waals surface area contributed by atoms with Gasteiger partial charge in [0.15, 0.2) is 0 Å². The molecular weight excluding hydrogens is 642 g/mol. The third-order valence-electron chi connectivity index (χ3n) is 5.54. The summed E-state index contributed by atoms with van der Waals surface area (Å²) in [6.07, 6.45) is -1.04. The van der Waals surface area contributed by atoms with Crippen molar-refractivity contribution in [3.63, 3.8) is 0 Å². The quantitative estimate of drug-likeness (QED) is 0.0567. The smallest absolute Gasteiger partial charge is 0.410 e.